The van der Waals surface area contributed by atoms with Gasteiger partial charge in [-0.05, 0) is 36.2 Å². The van der Waals surface area contributed by atoms with Crippen molar-refractivity contribution in [1.29, 1.82) is 0 Å². The maximum absolute atomic E-state index is 12.2. The Labute approximate surface area is 152 Å². The summed E-state index contributed by atoms with van der Waals surface area (Å²) in [5.41, 5.74) is 1.02. The topological polar surface area (TPSA) is 114 Å². The van der Waals surface area contributed by atoms with Crippen molar-refractivity contribution in [3.63, 3.8) is 0 Å². The third-order valence-corrected chi connectivity index (χ3v) is 4.91. The Morgan fingerprint density at radius 3 is 2.54 bits per heavy atom. The van der Waals surface area contributed by atoms with Crippen LogP contribution in [0.15, 0.2) is 47.4 Å². The smallest absolute Gasteiger partial charge is 0.241 e. The minimum atomic E-state index is -4.05. The number of sulfonamides is 1. The fourth-order valence-electron chi connectivity index (χ4n) is 2.59. The van der Waals surface area contributed by atoms with Crippen LogP contribution >= 0.6 is 0 Å². The van der Waals surface area contributed by atoms with Crippen LogP contribution in [0.25, 0.3) is 0 Å². The molecule has 1 aliphatic rings. The largest absolute Gasteiger partial charge is 0.454 e. The number of primary sulfonamides is 1. The third kappa shape index (κ3) is 4.34. The molecule has 140 valence electrons. The number of aliphatic hydroxyl groups is 1. The molecule has 2 atom stereocenters. The first-order valence-electron chi connectivity index (χ1n) is 8.41. The molecule has 7 nitrogen and oxygen atoms in total. The molecule has 3 rings (SSSR count). The number of anilines is 1. The molecule has 4 N–H and O–H groups in total. The lowest BCUT2D eigenvalue weighted by Gasteiger charge is -2.17. The van der Waals surface area contributed by atoms with Gasteiger partial charge < -0.3 is 19.9 Å². The Bertz CT molecular complexity index is 871. The summed E-state index contributed by atoms with van der Waals surface area (Å²) in [5, 5.41) is 18.2. The summed E-state index contributed by atoms with van der Waals surface area (Å²) in [5.74, 6) is 0.625. The fourth-order valence-corrected chi connectivity index (χ4v) is 3.30. The van der Waals surface area contributed by atoms with Gasteiger partial charge in [0.2, 0.25) is 10.0 Å². The predicted octanol–water partition coefficient (Wildman–Crippen LogP) is 2.73. The van der Waals surface area contributed by atoms with Crippen LogP contribution in [0.2, 0.25) is 0 Å². The SMILES string of the molecule is CCCCNc1cc(C2OC2O)cc(S(N)(=O)=O)c1Oc1ccccc1. The summed E-state index contributed by atoms with van der Waals surface area (Å²) in [7, 11) is -4.05. The zero-order valence-corrected chi connectivity index (χ0v) is 15.2. The maximum Gasteiger partial charge on any atom is 0.241 e. The summed E-state index contributed by atoms with van der Waals surface area (Å²) in [6, 6.07) is 12.0. The Hall–Kier alpha value is -2.13. The minimum absolute atomic E-state index is 0.133. The minimum Gasteiger partial charge on any atom is -0.454 e. The van der Waals surface area contributed by atoms with Crippen molar-refractivity contribution in [3.8, 4) is 11.5 Å². The zero-order chi connectivity index (χ0) is 18.7. The van der Waals surface area contributed by atoms with Crippen molar-refractivity contribution in [1.82, 2.24) is 0 Å². The lowest BCUT2D eigenvalue weighted by molar-refractivity contribution is 0.156. The highest BCUT2D eigenvalue weighted by atomic mass is 32.2. The van der Waals surface area contributed by atoms with E-state index in [1.165, 1.54) is 6.07 Å². The van der Waals surface area contributed by atoms with E-state index in [0.29, 0.717) is 23.5 Å². The number of nitrogens with two attached hydrogens (primary N) is 1. The van der Waals surface area contributed by atoms with Crippen LogP contribution in [-0.4, -0.2) is 26.4 Å². The second kappa shape index (κ2) is 7.63. The maximum atomic E-state index is 12.2. The Morgan fingerprint density at radius 1 is 1.27 bits per heavy atom. The van der Waals surface area contributed by atoms with Crippen LogP contribution in [0.4, 0.5) is 5.69 Å². The molecule has 2 aromatic rings. The molecule has 2 unspecified atom stereocenters. The van der Waals surface area contributed by atoms with Gasteiger partial charge in [0.25, 0.3) is 0 Å². The van der Waals surface area contributed by atoms with Crippen LogP contribution in [0.1, 0.15) is 31.4 Å². The highest BCUT2D eigenvalue weighted by Gasteiger charge is 2.40. The van der Waals surface area contributed by atoms with E-state index in [4.69, 9.17) is 14.6 Å². The van der Waals surface area contributed by atoms with Crippen molar-refractivity contribution in [2.75, 3.05) is 11.9 Å². The van der Waals surface area contributed by atoms with Crippen LogP contribution < -0.4 is 15.2 Å². The van der Waals surface area contributed by atoms with Gasteiger partial charge in [-0.1, -0.05) is 31.5 Å². The van der Waals surface area contributed by atoms with Crippen molar-refractivity contribution >= 4 is 15.7 Å². The summed E-state index contributed by atoms with van der Waals surface area (Å²) >= 11 is 0. The van der Waals surface area contributed by atoms with Gasteiger partial charge in [0.15, 0.2) is 12.0 Å². The number of hydrogen-bond donors (Lipinski definition) is 3. The molecule has 26 heavy (non-hydrogen) atoms. The highest BCUT2D eigenvalue weighted by Crippen LogP contribution is 2.43. The standard InChI is InChI=1S/C18H22N2O5S/c1-2-3-9-20-14-10-12(16-18(21)25-16)11-15(26(19,22)23)17(14)24-13-7-5-4-6-8-13/h4-8,10-11,16,18,20-21H,2-3,9H2,1H3,(H2,19,22,23). The van der Waals surface area contributed by atoms with Gasteiger partial charge in [0.1, 0.15) is 16.7 Å². The molecule has 1 fully saturated rings. The molecule has 2 aromatic carbocycles. The molecule has 8 heteroatoms. The van der Waals surface area contributed by atoms with Gasteiger partial charge in [-0.15, -0.1) is 0 Å². The zero-order valence-electron chi connectivity index (χ0n) is 14.4. The van der Waals surface area contributed by atoms with E-state index in [1.807, 2.05) is 6.07 Å². The highest BCUT2D eigenvalue weighted by molar-refractivity contribution is 7.89. The fraction of sp³-hybridized carbons (Fsp3) is 0.333. The summed E-state index contributed by atoms with van der Waals surface area (Å²) in [6.45, 7) is 2.70. The third-order valence-electron chi connectivity index (χ3n) is 3.99. The number of aliphatic hydroxyl groups excluding tert-OH is 1. The van der Waals surface area contributed by atoms with Crippen molar-refractivity contribution < 1.29 is 23.0 Å². The first-order chi connectivity index (χ1) is 12.4. The average Bonchev–Trinajstić information content (AvgIpc) is 3.33. The number of benzene rings is 2. The first kappa shape index (κ1) is 18.7. The Morgan fingerprint density at radius 2 is 1.96 bits per heavy atom. The van der Waals surface area contributed by atoms with E-state index in [9.17, 15) is 13.5 Å². The molecule has 0 saturated carbocycles. The second-order valence-electron chi connectivity index (χ2n) is 6.08. The number of ether oxygens (including phenoxy) is 2. The molecule has 0 amide bonds. The monoisotopic (exact) mass is 378 g/mol. The number of epoxide rings is 1. The number of nitrogens with one attached hydrogen (secondary N) is 1. The van der Waals surface area contributed by atoms with Crippen LogP contribution in [0.5, 0.6) is 11.5 Å². The first-order valence-corrected chi connectivity index (χ1v) is 9.96. The lowest BCUT2D eigenvalue weighted by Crippen LogP contribution is -2.15. The molecule has 1 heterocycles. The summed E-state index contributed by atoms with van der Waals surface area (Å²) in [4.78, 5) is -0.152. The second-order valence-corrected chi connectivity index (χ2v) is 7.61. The van der Waals surface area contributed by atoms with Crippen LogP contribution in [0, 0.1) is 0 Å². The van der Waals surface area contributed by atoms with Gasteiger partial charge in [-0.2, -0.15) is 0 Å². The quantitative estimate of drug-likeness (QED) is 0.481. The molecule has 0 radical (unpaired) electrons. The molecule has 1 saturated heterocycles. The van der Waals surface area contributed by atoms with E-state index in [2.05, 4.69) is 12.2 Å². The van der Waals surface area contributed by atoms with Gasteiger partial charge in [-0.3, -0.25) is 0 Å². The van der Waals surface area contributed by atoms with E-state index in [1.54, 1.807) is 30.3 Å². The van der Waals surface area contributed by atoms with Gasteiger partial charge in [0, 0.05) is 6.54 Å². The molecular weight excluding hydrogens is 356 g/mol. The molecular formula is C18H22N2O5S. The van der Waals surface area contributed by atoms with Gasteiger partial charge in [-0.25, -0.2) is 13.6 Å². The number of para-hydroxylation sites is 1. The molecule has 0 aliphatic carbocycles. The van der Waals surface area contributed by atoms with Crippen molar-refractivity contribution in [3.05, 3.63) is 48.0 Å². The normalized spacial score (nSPS) is 19.2. The van der Waals surface area contributed by atoms with Gasteiger partial charge in [0.05, 0.1) is 5.69 Å². The number of hydrogen-bond acceptors (Lipinski definition) is 6. The molecule has 0 bridgehead atoms. The Kier molecular flexibility index (Phi) is 5.47. The average molecular weight is 378 g/mol. The summed E-state index contributed by atoms with van der Waals surface area (Å²) in [6.07, 6.45) is 0.386. The van der Waals surface area contributed by atoms with Gasteiger partial charge >= 0.3 is 0 Å². The van der Waals surface area contributed by atoms with E-state index in [-0.39, 0.29) is 10.6 Å². The molecule has 0 aromatic heterocycles. The van der Waals surface area contributed by atoms with Crippen molar-refractivity contribution in [2.45, 2.75) is 37.1 Å². The number of unbranched alkanes of at least 4 members (excludes halogenated alkanes) is 1. The molecule has 0 spiro atoms. The lowest BCUT2D eigenvalue weighted by atomic mass is 10.1. The van der Waals surface area contributed by atoms with E-state index < -0.39 is 22.4 Å². The molecule has 1 aliphatic heterocycles. The predicted molar refractivity (Wildman–Crippen MR) is 97.6 cm³/mol. The van der Waals surface area contributed by atoms with E-state index >= 15 is 0 Å². The Balaban J connectivity index is 2.07. The van der Waals surface area contributed by atoms with E-state index in [0.717, 1.165) is 12.8 Å². The van der Waals surface area contributed by atoms with Crippen LogP contribution in [0.3, 0.4) is 0 Å². The summed E-state index contributed by atoms with van der Waals surface area (Å²) < 4.78 is 35.3. The van der Waals surface area contributed by atoms with Crippen LogP contribution in [-0.2, 0) is 14.8 Å². The number of rotatable bonds is 8. The van der Waals surface area contributed by atoms with Crippen molar-refractivity contribution in [2.24, 2.45) is 5.14 Å².